The topological polar surface area (TPSA) is 78.1 Å². The van der Waals surface area contributed by atoms with Crippen molar-refractivity contribution in [3.05, 3.63) is 36.2 Å². The number of rotatable bonds is 2. The minimum Gasteiger partial charge on any atom is -0.464 e. The van der Waals surface area contributed by atoms with E-state index in [1.54, 1.807) is 12.1 Å². The Kier molecular flexibility index (Phi) is 2.15. The van der Waals surface area contributed by atoms with E-state index in [1.807, 2.05) is 0 Å². The molecule has 2 aromatic heterocycles. The fraction of sp³-hybridized carbons (Fsp3) is 0.0909. The lowest BCUT2D eigenvalue weighted by Gasteiger charge is -1.98. The smallest absolute Gasteiger partial charge is 0.240 e. The van der Waals surface area contributed by atoms with Crippen LogP contribution in [0.2, 0.25) is 0 Å². The van der Waals surface area contributed by atoms with E-state index in [0.29, 0.717) is 11.0 Å². The van der Waals surface area contributed by atoms with Crippen molar-refractivity contribution in [1.82, 2.24) is 10.1 Å². The van der Waals surface area contributed by atoms with Crippen molar-refractivity contribution in [2.75, 3.05) is 0 Å². The number of halogens is 1. The van der Waals surface area contributed by atoms with Crippen LogP contribution in [-0.4, -0.2) is 10.1 Å². The first-order valence-corrected chi connectivity index (χ1v) is 4.98. The Morgan fingerprint density at radius 1 is 1.29 bits per heavy atom. The molecule has 0 amide bonds. The molecule has 0 bridgehead atoms. The Labute approximate surface area is 95.0 Å². The van der Waals surface area contributed by atoms with Gasteiger partial charge in [0.2, 0.25) is 11.7 Å². The van der Waals surface area contributed by atoms with Gasteiger partial charge in [-0.05, 0) is 18.2 Å². The summed E-state index contributed by atoms with van der Waals surface area (Å²) in [5, 5.41) is 4.31. The molecule has 0 aliphatic rings. The largest absolute Gasteiger partial charge is 0.464 e. The molecule has 0 unspecified atom stereocenters. The maximum atomic E-state index is 13.8. The van der Waals surface area contributed by atoms with Gasteiger partial charge in [0.1, 0.15) is 11.4 Å². The maximum absolute atomic E-state index is 13.8. The van der Waals surface area contributed by atoms with Gasteiger partial charge in [0.15, 0.2) is 0 Å². The van der Waals surface area contributed by atoms with Crippen molar-refractivity contribution >= 4 is 11.0 Å². The van der Waals surface area contributed by atoms with Crippen LogP contribution in [-0.2, 0) is 6.54 Å². The van der Waals surface area contributed by atoms with Crippen molar-refractivity contribution in [1.29, 1.82) is 0 Å². The summed E-state index contributed by atoms with van der Waals surface area (Å²) in [6, 6.07) is 4.52. The quantitative estimate of drug-likeness (QED) is 0.733. The summed E-state index contributed by atoms with van der Waals surface area (Å²) >= 11 is 0. The molecule has 3 rings (SSSR count). The fourth-order valence-electron chi connectivity index (χ4n) is 1.68. The van der Waals surface area contributed by atoms with E-state index in [0.717, 1.165) is 0 Å². The molecule has 6 heteroatoms. The zero-order valence-electron chi connectivity index (χ0n) is 8.68. The Morgan fingerprint density at radius 3 is 2.94 bits per heavy atom. The van der Waals surface area contributed by atoms with Gasteiger partial charge in [0, 0.05) is 5.39 Å². The predicted molar refractivity (Wildman–Crippen MR) is 57.4 cm³/mol. The average molecular weight is 233 g/mol. The average Bonchev–Trinajstić information content (AvgIpc) is 2.96. The van der Waals surface area contributed by atoms with Gasteiger partial charge in [0.05, 0.1) is 18.4 Å². The second-order valence-corrected chi connectivity index (χ2v) is 3.47. The Bertz CT molecular complexity index is 674. The number of benzene rings is 1. The molecule has 86 valence electrons. The number of furan rings is 1. The summed E-state index contributed by atoms with van der Waals surface area (Å²) in [5.41, 5.74) is 6.20. The number of nitrogens with two attached hydrogens (primary N) is 1. The molecule has 17 heavy (non-hydrogen) atoms. The molecule has 0 aliphatic heterocycles. The summed E-state index contributed by atoms with van der Waals surface area (Å²) in [6.07, 6.45) is 1.48. The molecule has 0 spiro atoms. The highest BCUT2D eigenvalue weighted by atomic mass is 19.1. The Balaban J connectivity index is 2.27. The van der Waals surface area contributed by atoms with Crippen LogP contribution in [0.1, 0.15) is 5.89 Å². The fourth-order valence-corrected chi connectivity index (χ4v) is 1.68. The van der Waals surface area contributed by atoms with Gasteiger partial charge in [-0.25, -0.2) is 4.39 Å². The number of fused-ring (bicyclic) bond motifs is 1. The lowest BCUT2D eigenvalue weighted by atomic mass is 10.1. The van der Waals surface area contributed by atoms with Crippen molar-refractivity contribution < 1.29 is 13.3 Å². The molecule has 0 aliphatic carbocycles. The standard InChI is InChI=1S/C11H8FN3O2/c12-7-1-2-8-6(3-4-16-8)10(7)11-14-9(5-13)17-15-11/h1-4H,5,13H2. The Morgan fingerprint density at radius 2 is 2.18 bits per heavy atom. The molecule has 0 fully saturated rings. The van der Waals surface area contributed by atoms with E-state index in [9.17, 15) is 4.39 Å². The predicted octanol–water partition coefficient (Wildman–Crippen LogP) is 2.08. The van der Waals surface area contributed by atoms with E-state index in [-0.39, 0.29) is 23.8 Å². The summed E-state index contributed by atoms with van der Waals surface area (Å²) in [4.78, 5) is 4.01. The molecule has 1 aromatic carbocycles. The number of hydrogen-bond donors (Lipinski definition) is 1. The van der Waals surface area contributed by atoms with Crippen LogP contribution < -0.4 is 5.73 Å². The van der Waals surface area contributed by atoms with E-state index in [2.05, 4.69) is 10.1 Å². The van der Waals surface area contributed by atoms with E-state index in [4.69, 9.17) is 14.7 Å². The summed E-state index contributed by atoms with van der Waals surface area (Å²) in [6.45, 7) is 0.121. The lowest BCUT2D eigenvalue weighted by Crippen LogP contribution is -1.96. The molecular weight excluding hydrogens is 225 g/mol. The lowest BCUT2D eigenvalue weighted by molar-refractivity contribution is 0.380. The third kappa shape index (κ3) is 1.50. The van der Waals surface area contributed by atoms with Crippen molar-refractivity contribution in [3.63, 3.8) is 0 Å². The van der Waals surface area contributed by atoms with Crippen LogP contribution in [0.4, 0.5) is 4.39 Å². The van der Waals surface area contributed by atoms with Crippen LogP contribution in [0.3, 0.4) is 0 Å². The first kappa shape index (κ1) is 9.98. The minimum atomic E-state index is -0.428. The van der Waals surface area contributed by atoms with Gasteiger partial charge < -0.3 is 14.7 Å². The van der Waals surface area contributed by atoms with E-state index in [1.165, 1.54) is 12.3 Å². The molecule has 3 aromatic rings. The number of nitrogens with zero attached hydrogens (tertiary/aromatic N) is 2. The molecule has 5 nitrogen and oxygen atoms in total. The van der Waals surface area contributed by atoms with Gasteiger partial charge in [-0.1, -0.05) is 5.16 Å². The monoisotopic (exact) mass is 233 g/mol. The summed E-state index contributed by atoms with van der Waals surface area (Å²) < 4.78 is 23.9. The highest BCUT2D eigenvalue weighted by Crippen LogP contribution is 2.30. The van der Waals surface area contributed by atoms with Crippen LogP contribution in [0, 0.1) is 5.82 Å². The molecule has 2 heterocycles. The van der Waals surface area contributed by atoms with Gasteiger partial charge >= 0.3 is 0 Å². The van der Waals surface area contributed by atoms with E-state index >= 15 is 0 Å². The SMILES string of the molecule is NCc1nc(-c2c(F)ccc3occc23)no1. The maximum Gasteiger partial charge on any atom is 0.240 e. The normalized spacial score (nSPS) is 11.2. The molecular formula is C11H8FN3O2. The third-order valence-corrected chi connectivity index (χ3v) is 2.45. The first-order valence-electron chi connectivity index (χ1n) is 4.98. The summed E-state index contributed by atoms with van der Waals surface area (Å²) in [7, 11) is 0. The number of hydrogen-bond acceptors (Lipinski definition) is 5. The highest BCUT2D eigenvalue weighted by Gasteiger charge is 2.17. The highest BCUT2D eigenvalue weighted by molar-refractivity contribution is 5.92. The van der Waals surface area contributed by atoms with Crippen molar-refractivity contribution in [3.8, 4) is 11.4 Å². The zero-order valence-corrected chi connectivity index (χ0v) is 8.68. The third-order valence-electron chi connectivity index (χ3n) is 2.45. The van der Waals surface area contributed by atoms with Crippen LogP contribution in [0.5, 0.6) is 0 Å². The molecule has 0 radical (unpaired) electrons. The van der Waals surface area contributed by atoms with Gasteiger partial charge in [-0.15, -0.1) is 0 Å². The van der Waals surface area contributed by atoms with Crippen LogP contribution >= 0.6 is 0 Å². The summed E-state index contributed by atoms with van der Waals surface area (Å²) in [5.74, 6) is 0.0121. The Hall–Kier alpha value is -2.21. The molecule has 0 saturated carbocycles. The van der Waals surface area contributed by atoms with E-state index < -0.39 is 5.82 Å². The molecule has 0 atom stereocenters. The van der Waals surface area contributed by atoms with Gasteiger partial charge in [-0.3, -0.25) is 0 Å². The first-order chi connectivity index (χ1) is 8.29. The second kappa shape index (κ2) is 3.67. The van der Waals surface area contributed by atoms with Crippen LogP contribution in [0.15, 0.2) is 33.4 Å². The second-order valence-electron chi connectivity index (χ2n) is 3.47. The van der Waals surface area contributed by atoms with Crippen LogP contribution in [0.25, 0.3) is 22.4 Å². The van der Waals surface area contributed by atoms with Gasteiger partial charge in [0.25, 0.3) is 0 Å². The van der Waals surface area contributed by atoms with Gasteiger partial charge in [-0.2, -0.15) is 4.98 Å². The van der Waals surface area contributed by atoms with Crippen molar-refractivity contribution in [2.45, 2.75) is 6.54 Å². The molecule has 2 N–H and O–H groups in total. The zero-order chi connectivity index (χ0) is 11.8. The van der Waals surface area contributed by atoms with Crippen molar-refractivity contribution in [2.24, 2.45) is 5.73 Å². The minimum absolute atomic E-state index is 0.121. The number of aromatic nitrogens is 2. The molecule has 0 saturated heterocycles.